The quantitative estimate of drug-likeness (QED) is 0.390. The molecule has 1 aromatic heterocycles. The highest BCUT2D eigenvalue weighted by atomic mass is 16.3. The topological polar surface area (TPSA) is 58.4 Å². The van der Waals surface area contributed by atoms with E-state index in [0.717, 1.165) is 35.4 Å². The Morgan fingerprint density at radius 3 is 2.42 bits per heavy atom. The van der Waals surface area contributed by atoms with E-state index in [-0.39, 0.29) is 5.91 Å². The zero-order valence-corrected chi connectivity index (χ0v) is 18.0. The minimum Gasteiger partial charge on any atom is -0.436 e. The van der Waals surface area contributed by atoms with E-state index in [4.69, 9.17) is 4.42 Å². The number of hydrogen-bond donors (Lipinski definition) is 1. The number of nitrogens with one attached hydrogen (secondary N) is 1. The molecule has 0 saturated carbocycles. The van der Waals surface area contributed by atoms with Crippen molar-refractivity contribution in [1.29, 1.82) is 0 Å². The van der Waals surface area contributed by atoms with Gasteiger partial charge in [0.2, 0.25) is 11.8 Å². The number of fused-ring (bicyclic) bond motifs is 1. The SMILES string of the molecule is CCN(CC)c1ccc(-c2nc3cc(NC(=O)CCc4ccccc4)ccc3o2)cc1. The molecule has 1 N–H and O–H groups in total. The van der Waals surface area contributed by atoms with Crippen LogP contribution in [0.1, 0.15) is 25.8 Å². The fourth-order valence-corrected chi connectivity index (χ4v) is 3.66. The van der Waals surface area contributed by atoms with E-state index in [1.165, 1.54) is 5.69 Å². The van der Waals surface area contributed by atoms with Gasteiger partial charge < -0.3 is 14.6 Å². The Kier molecular flexibility index (Phi) is 6.32. The molecule has 158 valence electrons. The summed E-state index contributed by atoms with van der Waals surface area (Å²) in [5.41, 5.74) is 5.42. The third-order valence-electron chi connectivity index (χ3n) is 5.40. The van der Waals surface area contributed by atoms with E-state index < -0.39 is 0 Å². The largest absolute Gasteiger partial charge is 0.436 e. The van der Waals surface area contributed by atoms with Crippen molar-refractivity contribution in [3.63, 3.8) is 0 Å². The van der Waals surface area contributed by atoms with Crippen molar-refractivity contribution in [2.24, 2.45) is 0 Å². The first-order chi connectivity index (χ1) is 15.2. The lowest BCUT2D eigenvalue weighted by Gasteiger charge is -2.20. The molecule has 4 aromatic rings. The predicted octanol–water partition coefficient (Wildman–Crippen LogP) is 5.91. The van der Waals surface area contributed by atoms with Crippen LogP contribution in [0.25, 0.3) is 22.6 Å². The van der Waals surface area contributed by atoms with Crippen LogP contribution in [-0.2, 0) is 11.2 Å². The summed E-state index contributed by atoms with van der Waals surface area (Å²) in [5.74, 6) is 0.563. The molecule has 0 bridgehead atoms. The van der Waals surface area contributed by atoms with Gasteiger partial charge in [-0.1, -0.05) is 30.3 Å². The highest BCUT2D eigenvalue weighted by Crippen LogP contribution is 2.28. The third-order valence-corrected chi connectivity index (χ3v) is 5.40. The Bertz CT molecular complexity index is 1150. The van der Waals surface area contributed by atoms with Gasteiger partial charge in [-0.25, -0.2) is 4.98 Å². The summed E-state index contributed by atoms with van der Waals surface area (Å²) < 4.78 is 5.93. The molecule has 0 unspecified atom stereocenters. The van der Waals surface area contributed by atoms with E-state index in [2.05, 4.69) is 41.2 Å². The normalized spacial score (nSPS) is 10.9. The first kappa shape index (κ1) is 20.7. The smallest absolute Gasteiger partial charge is 0.227 e. The van der Waals surface area contributed by atoms with Crippen molar-refractivity contribution < 1.29 is 9.21 Å². The standard InChI is InChI=1S/C26H27N3O2/c1-3-29(4-2)22-14-11-20(12-15-22)26-28-23-18-21(13-16-24(23)31-26)27-25(30)17-10-19-8-6-5-7-9-19/h5-9,11-16,18H,3-4,10,17H2,1-2H3,(H,27,30). The van der Waals surface area contributed by atoms with Crippen molar-refractivity contribution in [3.8, 4) is 11.5 Å². The molecule has 5 nitrogen and oxygen atoms in total. The molecule has 0 saturated heterocycles. The minimum absolute atomic E-state index is 0.0149. The number of anilines is 2. The van der Waals surface area contributed by atoms with Gasteiger partial charge in [-0.2, -0.15) is 0 Å². The maximum atomic E-state index is 12.3. The fourth-order valence-electron chi connectivity index (χ4n) is 3.66. The van der Waals surface area contributed by atoms with Crippen LogP contribution < -0.4 is 10.2 Å². The Balaban J connectivity index is 1.45. The molecule has 0 aliphatic heterocycles. The number of rotatable bonds is 8. The van der Waals surface area contributed by atoms with Crippen molar-refractivity contribution in [1.82, 2.24) is 4.98 Å². The molecular weight excluding hydrogens is 386 g/mol. The zero-order chi connectivity index (χ0) is 21.6. The lowest BCUT2D eigenvalue weighted by Crippen LogP contribution is -2.21. The number of amides is 1. The maximum Gasteiger partial charge on any atom is 0.227 e. The molecule has 0 fully saturated rings. The first-order valence-corrected chi connectivity index (χ1v) is 10.8. The van der Waals surface area contributed by atoms with Crippen LogP contribution in [0.4, 0.5) is 11.4 Å². The second-order valence-corrected chi connectivity index (χ2v) is 7.45. The van der Waals surface area contributed by atoms with Crippen molar-refractivity contribution >= 4 is 28.4 Å². The predicted molar refractivity (Wildman–Crippen MR) is 126 cm³/mol. The highest BCUT2D eigenvalue weighted by molar-refractivity contribution is 5.93. The summed E-state index contributed by atoms with van der Waals surface area (Å²) in [6, 6.07) is 23.8. The molecular formula is C26H27N3O2. The second-order valence-electron chi connectivity index (χ2n) is 7.45. The summed E-state index contributed by atoms with van der Waals surface area (Å²) in [6.07, 6.45) is 1.15. The van der Waals surface area contributed by atoms with Crippen LogP contribution in [0.3, 0.4) is 0 Å². The Morgan fingerprint density at radius 2 is 1.71 bits per heavy atom. The highest BCUT2D eigenvalue weighted by Gasteiger charge is 2.11. The van der Waals surface area contributed by atoms with E-state index in [0.29, 0.717) is 24.3 Å². The average Bonchev–Trinajstić information content (AvgIpc) is 3.23. The van der Waals surface area contributed by atoms with Crippen LogP contribution in [0.15, 0.2) is 77.2 Å². The summed E-state index contributed by atoms with van der Waals surface area (Å²) in [5, 5.41) is 2.96. The summed E-state index contributed by atoms with van der Waals surface area (Å²) in [7, 11) is 0. The van der Waals surface area contributed by atoms with Gasteiger partial charge in [-0.15, -0.1) is 0 Å². The van der Waals surface area contributed by atoms with E-state index >= 15 is 0 Å². The first-order valence-electron chi connectivity index (χ1n) is 10.8. The number of aromatic nitrogens is 1. The van der Waals surface area contributed by atoms with Gasteiger partial charge in [-0.05, 0) is 68.3 Å². The van der Waals surface area contributed by atoms with Crippen LogP contribution in [0, 0.1) is 0 Å². The van der Waals surface area contributed by atoms with Crippen molar-refractivity contribution in [3.05, 3.63) is 78.4 Å². The number of nitrogens with zero attached hydrogens (tertiary/aromatic N) is 2. The number of hydrogen-bond acceptors (Lipinski definition) is 4. The number of carbonyl (C=O) groups is 1. The van der Waals surface area contributed by atoms with Crippen molar-refractivity contribution in [2.75, 3.05) is 23.3 Å². The molecule has 0 aliphatic carbocycles. The van der Waals surface area contributed by atoms with Crippen LogP contribution in [0.5, 0.6) is 0 Å². The molecule has 0 radical (unpaired) electrons. The van der Waals surface area contributed by atoms with Gasteiger partial charge in [0.1, 0.15) is 5.52 Å². The summed E-state index contributed by atoms with van der Waals surface area (Å²) in [6.45, 7) is 6.24. The molecule has 0 aliphatic rings. The van der Waals surface area contributed by atoms with E-state index in [9.17, 15) is 4.79 Å². The van der Waals surface area contributed by atoms with Gasteiger partial charge in [0.15, 0.2) is 5.58 Å². The van der Waals surface area contributed by atoms with Crippen LogP contribution in [0.2, 0.25) is 0 Å². The summed E-state index contributed by atoms with van der Waals surface area (Å²) in [4.78, 5) is 19.2. The number of aryl methyl sites for hydroxylation is 1. The van der Waals surface area contributed by atoms with Gasteiger partial charge in [0, 0.05) is 36.4 Å². The molecule has 0 spiro atoms. The van der Waals surface area contributed by atoms with Crippen LogP contribution in [-0.4, -0.2) is 24.0 Å². The second kappa shape index (κ2) is 9.47. The van der Waals surface area contributed by atoms with Gasteiger partial charge in [0.25, 0.3) is 0 Å². The van der Waals surface area contributed by atoms with Crippen molar-refractivity contribution in [2.45, 2.75) is 26.7 Å². The van der Waals surface area contributed by atoms with Gasteiger partial charge in [-0.3, -0.25) is 4.79 Å². The molecule has 0 atom stereocenters. The molecule has 5 heteroatoms. The molecule has 1 heterocycles. The lowest BCUT2D eigenvalue weighted by atomic mass is 10.1. The lowest BCUT2D eigenvalue weighted by molar-refractivity contribution is -0.116. The average molecular weight is 414 g/mol. The fraction of sp³-hybridized carbons (Fsp3) is 0.231. The summed E-state index contributed by atoms with van der Waals surface area (Å²) >= 11 is 0. The van der Waals surface area contributed by atoms with Gasteiger partial charge in [0.05, 0.1) is 0 Å². The number of oxazole rings is 1. The Labute approximate surface area is 182 Å². The molecule has 4 rings (SSSR count). The molecule has 1 amide bonds. The minimum atomic E-state index is -0.0149. The zero-order valence-electron chi connectivity index (χ0n) is 18.0. The Morgan fingerprint density at radius 1 is 0.968 bits per heavy atom. The van der Waals surface area contributed by atoms with Crippen LogP contribution >= 0.6 is 0 Å². The number of carbonyl (C=O) groups excluding carboxylic acids is 1. The van der Waals surface area contributed by atoms with E-state index in [1.54, 1.807) is 0 Å². The maximum absolute atomic E-state index is 12.3. The molecule has 3 aromatic carbocycles. The Hall–Kier alpha value is -3.60. The monoisotopic (exact) mass is 413 g/mol. The molecule has 31 heavy (non-hydrogen) atoms. The van der Waals surface area contributed by atoms with Gasteiger partial charge >= 0.3 is 0 Å². The number of benzene rings is 3. The van der Waals surface area contributed by atoms with E-state index in [1.807, 2.05) is 60.7 Å². The third kappa shape index (κ3) is 4.94.